The molecule has 1 aliphatic rings. The van der Waals surface area contributed by atoms with Crippen molar-refractivity contribution in [2.24, 2.45) is 11.8 Å². The molecule has 0 unspecified atom stereocenters. The van der Waals surface area contributed by atoms with E-state index < -0.39 is 42.9 Å². The van der Waals surface area contributed by atoms with E-state index >= 15 is 0 Å². The normalized spacial score (nSPS) is 24.0. The average Bonchev–Trinajstić information content (AvgIpc) is 2.34. The molecule has 0 aromatic heterocycles. The van der Waals surface area contributed by atoms with E-state index in [-0.39, 0.29) is 0 Å². The largest absolute Gasteiger partial charge is 0.481 e. The Bertz CT molecular complexity index is 344. The number of amides is 1. The van der Waals surface area contributed by atoms with Crippen LogP contribution in [0.15, 0.2) is 0 Å². The second kappa shape index (κ2) is 6.25. The number of nitrogens with zero attached hydrogens (tertiary/aromatic N) is 1. The summed E-state index contributed by atoms with van der Waals surface area (Å²) in [4.78, 5) is 24.1. The maximum Gasteiger partial charge on any atom is 0.390 e. The molecule has 1 saturated carbocycles. The minimum Gasteiger partial charge on any atom is -0.481 e. The van der Waals surface area contributed by atoms with Crippen molar-refractivity contribution in [2.45, 2.75) is 38.3 Å². The van der Waals surface area contributed by atoms with Crippen LogP contribution >= 0.6 is 0 Å². The maximum atomic E-state index is 12.1. The molecule has 7 heteroatoms. The van der Waals surface area contributed by atoms with E-state index in [2.05, 4.69) is 0 Å². The van der Waals surface area contributed by atoms with Gasteiger partial charge in [-0.2, -0.15) is 13.2 Å². The van der Waals surface area contributed by atoms with Gasteiger partial charge in [0.25, 0.3) is 0 Å². The molecule has 1 N–H and O–H groups in total. The highest BCUT2D eigenvalue weighted by Crippen LogP contribution is 2.32. The minimum absolute atomic E-state index is 0.416. The fraction of sp³-hybridized carbons (Fsp3) is 0.833. The Morgan fingerprint density at radius 1 is 1.21 bits per heavy atom. The summed E-state index contributed by atoms with van der Waals surface area (Å²) in [5, 5.41) is 9.05. The zero-order chi connectivity index (χ0) is 14.6. The smallest absolute Gasteiger partial charge is 0.390 e. The molecule has 1 amide bonds. The van der Waals surface area contributed by atoms with Crippen molar-refractivity contribution in [3.8, 4) is 0 Å². The summed E-state index contributed by atoms with van der Waals surface area (Å²) in [6.45, 7) is -0.425. The second-order valence-corrected chi connectivity index (χ2v) is 4.96. The fourth-order valence-electron chi connectivity index (χ4n) is 2.41. The van der Waals surface area contributed by atoms with Gasteiger partial charge in [0.2, 0.25) is 5.91 Å². The molecule has 2 atom stereocenters. The summed E-state index contributed by atoms with van der Waals surface area (Å²) in [5.41, 5.74) is 0. The summed E-state index contributed by atoms with van der Waals surface area (Å²) in [6.07, 6.45) is -3.04. The lowest BCUT2D eigenvalue weighted by atomic mass is 9.78. The molecule has 0 radical (unpaired) electrons. The highest BCUT2D eigenvalue weighted by molar-refractivity contribution is 5.84. The second-order valence-electron chi connectivity index (χ2n) is 4.96. The summed E-state index contributed by atoms with van der Waals surface area (Å²) in [7, 11) is 1.29. The number of rotatable bonds is 4. The zero-order valence-electron chi connectivity index (χ0n) is 10.7. The quantitative estimate of drug-likeness (QED) is 0.860. The van der Waals surface area contributed by atoms with Gasteiger partial charge in [0.15, 0.2) is 0 Å². The highest BCUT2D eigenvalue weighted by Gasteiger charge is 2.37. The summed E-state index contributed by atoms with van der Waals surface area (Å²) < 4.78 is 36.3. The SMILES string of the molecule is CN(CCC(F)(F)F)C(=O)[C@@H]1CCCC[C@@H]1C(=O)O. The maximum absolute atomic E-state index is 12.1. The van der Waals surface area contributed by atoms with Crippen LogP contribution in [0.1, 0.15) is 32.1 Å². The van der Waals surface area contributed by atoms with E-state index in [4.69, 9.17) is 5.11 Å². The highest BCUT2D eigenvalue weighted by atomic mass is 19.4. The molecule has 0 aromatic carbocycles. The van der Waals surface area contributed by atoms with Crippen molar-refractivity contribution in [3.63, 3.8) is 0 Å². The van der Waals surface area contributed by atoms with Gasteiger partial charge in [0.1, 0.15) is 0 Å². The summed E-state index contributed by atoms with van der Waals surface area (Å²) in [5.74, 6) is -2.99. The number of carbonyl (C=O) groups excluding carboxylic acids is 1. The molecular weight excluding hydrogens is 263 g/mol. The number of hydrogen-bond donors (Lipinski definition) is 1. The van der Waals surface area contributed by atoms with Crippen LogP contribution in [-0.2, 0) is 9.59 Å². The minimum atomic E-state index is -4.31. The topological polar surface area (TPSA) is 57.6 Å². The van der Waals surface area contributed by atoms with Gasteiger partial charge in [0.05, 0.1) is 18.3 Å². The first kappa shape index (κ1) is 15.8. The van der Waals surface area contributed by atoms with E-state index in [1.54, 1.807) is 0 Å². The number of carboxylic acids is 1. The van der Waals surface area contributed by atoms with Gasteiger partial charge in [-0.3, -0.25) is 9.59 Å². The first-order valence-corrected chi connectivity index (χ1v) is 6.27. The monoisotopic (exact) mass is 281 g/mol. The van der Waals surface area contributed by atoms with Gasteiger partial charge in [-0.05, 0) is 12.8 Å². The van der Waals surface area contributed by atoms with Crippen LogP contribution < -0.4 is 0 Å². The van der Waals surface area contributed by atoms with E-state index in [9.17, 15) is 22.8 Å². The van der Waals surface area contributed by atoms with Gasteiger partial charge in [-0.1, -0.05) is 12.8 Å². The van der Waals surface area contributed by atoms with E-state index in [0.717, 1.165) is 17.7 Å². The van der Waals surface area contributed by atoms with E-state index in [1.807, 2.05) is 0 Å². The predicted molar refractivity (Wildman–Crippen MR) is 61.4 cm³/mol. The Balaban J connectivity index is 2.61. The lowest BCUT2D eigenvalue weighted by molar-refractivity contribution is -0.155. The van der Waals surface area contributed by atoms with Crippen molar-refractivity contribution in [1.29, 1.82) is 0 Å². The van der Waals surface area contributed by atoms with Crippen LogP contribution in [0.3, 0.4) is 0 Å². The molecule has 0 spiro atoms. The molecule has 0 aromatic rings. The van der Waals surface area contributed by atoms with Crippen LogP contribution in [-0.4, -0.2) is 41.7 Å². The van der Waals surface area contributed by atoms with Crippen molar-refractivity contribution in [2.75, 3.05) is 13.6 Å². The van der Waals surface area contributed by atoms with Crippen molar-refractivity contribution < 1.29 is 27.9 Å². The van der Waals surface area contributed by atoms with Gasteiger partial charge in [-0.15, -0.1) is 0 Å². The molecule has 1 aliphatic carbocycles. The number of carbonyl (C=O) groups is 2. The molecule has 4 nitrogen and oxygen atoms in total. The lowest BCUT2D eigenvalue weighted by Gasteiger charge is -2.31. The number of hydrogen-bond acceptors (Lipinski definition) is 2. The molecule has 0 heterocycles. The predicted octanol–water partition coefficient (Wildman–Crippen LogP) is 2.29. The molecule has 19 heavy (non-hydrogen) atoms. The summed E-state index contributed by atoms with van der Waals surface area (Å²) >= 11 is 0. The molecule has 0 aliphatic heterocycles. The Kier molecular flexibility index (Phi) is 5.20. The van der Waals surface area contributed by atoms with Gasteiger partial charge in [-0.25, -0.2) is 0 Å². The Hall–Kier alpha value is -1.27. The molecule has 110 valence electrons. The first-order chi connectivity index (χ1) is 8.72. The van der Waals surface area contributed by atoms with Gasteiger partial charge in [0, 0.05) is 13.6 Å². The molecule has 0 bridgehead atoms. The molecule has 1 rings (SSSR count). The number of carboxylic acid groups (broad SMARTS) is 1. The van der Waals surface area contributed by atoms with Crippen LogP contribution in [0.5, 0.6) is 0 Å². The number of aliphatic carboxylic acids is 1. The van der Waals surface area contributed by atoms with E-state index in [0.29, 0.717) is 12.8 Å². The van der Waals surface area contributed by atoms with Crippen molar-refractivity contribution >= 4 is 11.9 Å². The zero-order valence-corrected chi connectivity index (χ0v) is 10.7. The third-order valence-electron chi connectivity index (χ3n) is 3.51. The average molecular weight is 281 g/mol. The Morgan fingerprint density at radius 2 is 1.74 bits per heavy atom. The molecule has 0 saturated heterocycles. The number of halogens is 3. The third kappa shape index (κ3) is 4.72. The fourth-order valence-corrected chi connectivity index (χ4v) is 2.41. The Morgan fingerprint density at radius 3 is 2.21 bits per heavy atom. The van der Waals surface area contributed by atoms with Crippen molar-refractivity contribution in [1.82, 2.24) is 4.90 Å². The van der Waals surface area contributed by atoms with Crippen LogP contribution in [0.2, 0.25) is 0 Å². The van der Waals surface area contributed by atoms with Gasteiger partial charge >= 0.3 is 12.1 Å². The van der Waals surface area contributed by atoms with Gasteiger partial charge < -0.3 is 10.0 Å². The first-order valence-electron chi connectivity index (χ1n) is 6.27. The molecule has 1 fully saturated rings. The van der Waals surface area contributed by atoms with Crippen LogP contribution in [0.25, 0.3) is 0 Å². The van der Waals surface area contributed by atoms with Crippen LogP contribution in [0.4, 0.5) is 13.2 Å². The Labute approximate surface area is 109 Å². The lowest BCUT2D eigenvalue weighted by Crippen LogP contribution is -2.41. The van der Waals surface area contributed by atoms with Crippen LogP contribution in [0, 0.1) is 11.8 Å². The summed E-state index contributed by atoms with van der Waals surface area (Å²) in [6, 6.07) is 0. The third-order valence-corrected chi connectivity index (χ3v) is 3.51. The molecular formula is C12H18F3NO3. The number of alkyl halides is 3. The standard InChI is InChI=1S/C12H18F3NO3/c1-16(7-6-12(13,14)15)10(17)8-4-2-3-5-9(8)11(18)19/h8-9H,2-7H2,1H3,(H,18,19)/t8-,9+/m1/s1. The van der Waals surface area contributed by atoms with E-state index in [1.165, 1.54) is 7.05 Å². The van der Waals surface area contributed by atoms with Crippen molar-refractivity contribution in [3.05, 3.63) is 0 Å².